The number of hydrogen-bond donors (Lipinski definition) is 2. The van der Waals surface area contributed by atoms with Crippen LogP contribution in [0.4, 0.5) is 5.69 Å². The smallest absolute Gasteiger partial charge is 0.356 e. The number of carboxylic acid groups (broad SMARTS) is 1. The van der Waals surface area contributed by atoms with Crippen molar-refractivity contribution in [1.29, 1.82) is 0 Å². The predicted molar refractivity (Wildman–Crippen MR) is 98.4 cm³/mol. The number of carbonyl (C=O) groups is 2. The summed E-state index contributed by atoms with van der Waals surface area (Å²) in [7, 11) is 0. The van der Waals surface area contributed by atoms with E-state index in [4.69, 9.17) is 5.11 Å². The number of carboxylic acids is 1. The molecule has 0 atom stereocenters. The molecule has 4 rings (SSSR count). The van der Waals surface area contributed by atoms with E-state index in [9.17, 15) is 9.59 Å². The van der Waals surface area contributed by atoms with Crippen molar-refractivity contribution in [2.45, 2.75) is 32.2 Å². The molecule has 26 heavy (non-hydrogen) atoms. The first-order valence-corrected chi connectivity index (χ1v) is 8.72. The zero-order valence-corrected chi connectivity index (χ0v) is 14.2. The van der Waals surface area contributed by atoms with Crippen LogP contribution in [0.25, 0.3) is 10.8 Å². The topological polar surface area (TPSA) is 84.2 Å². The third-order valence-corrected chi connectivity index (χ3v) is 4.80. The molecule has 132 valence electrons. The summed E-state index contributed by atoms with van der Waals surface area (Å²) in [5.41, 5.74) is 3.56. The minimum Gasteiger partial charge on any atom is -0.476 e. The highest BCUT2D eigenvalue weighted by Crippen LogP contribution is 2.35. The van der Waals surface area contributed by atoms with Crippen LogP contribution in [0.2, 0.25) is 0 Å². The van der Waals surface area contributed by atoms with Crippen molar-refractivity contribution in [3.8, 4) is 0 Å². The fraction of sp³-hybridized carbons (Fsp3) is 0.250. The summed E-state index contributed by atoms with van der Waals surface area (Å²) in [5, 5.41) is 18.2. The Morgan fingerprint density at radius 1 is 1.12 bits per heavy atom. The normalized spacial score (nSPS) is 12.5. The number of aryl methyl sites for hydroxylation is 3. The number of anilines is 1. The third kappa shape index (κ3) is 3.06. The molecule has 0 saturated carbocycles. The molecule has 6 heteroatoms. The number of amides is 1. The van der Waals surface area contributed by atoms with Gasteiger partial charge in [-0.25, -0.2) is 4.79 Å². The minimum atomic E-state index is -1.05. The van der Waals surface area contributed by atoms with Gasteiger partial charge in [0, 0.05) is 30.2 Å². The zero-order valence-electron chi connectivity index (χ0n) is 14.2. The molecule has 1 aromatic heterocycles. The molecule has 0 bridgehead atoms. The average Bonchev–Trinajstić information content (AvgIpc) is 3.26. The Morgan fingerprint density at radius 3 is 2.69 bits per heavy atom. The van der Waals surface area contributed by atoms with Gasteiger partial charge in [0.05, 0.1) is 0 Å². The number of aromatic nitrogens is 2. The van der Waals surface area contributed by atoms with Crippen LogP contribution in [-0.2, 0) is 24.2 Å². The van der Waals surface area contributed by atoms with E-state index in [0.29, 0.717) is 19.4 Å². The summed E-state index contributed by atoms with van der Waals surface area (Å²) in [4.78, 5) is 23.1. The second-order valence-corrected chi connectivity index (χ2v) is 6.53. The van der Waals surface area contributed by atoms with E-state index in [1.165, 1.54) is 22.6 Å². The van der Waals surface area contributed by atoms with Gasteiger partial charge in [0.15, 0.2) is 5.69 Å². The molecule has 1 amide bonds. The minimum absolute atomic E-state index is 0.0161. The Kier molecular flexibility index (Phi) is 4.16. The van der Waals surface area contributed by atoms with E-state index >= 15 is 0 Å². The van der Waals surface area contributed by atoms with Gasteiger partial charge in [0.1, 0.15) is 0 Å². The number of nitrogens with zero attached hydrogens (tertiary/aromatic N) is 2. The van der Waals surface area contributed by atoms with E-state index in [-0.39, 0.29) is 11.6 Å². The molecule has 2 aromatic carbocycles. The monoisotopic (exact) mass is 349 g/mol. The van der Waals surface area contributed by atoms with Crippen molar-refractivity contribution in [2.75, 3.05) is 5.32 Å². The number of carbonyl (C=O) groups excluding carboxylic acids is 1. The van der Waals surface area contributed by atoms with Gasteiger partial charge < -0.3 is 10.4 Å². The third-order valence-electron chi connectivity index (χ3n) is 4.80. The van der Waals surface area contributed by atoms with Crippen molar-refractivity contribution in [3.63, 3.8) is 0 Å². The van der Waals surface area contributed by atoms with Gasteiger partial charge in [-0.2, -0.15) is 5.10 Å². The molecule has 1 aliphatic rings. The summed E-state index contributed by atoms with van der Waals surface area (Å²) in [6, 6.07) is 11.8. The van der Waals surface area contributed by atoms with Gasteiger partial charge in [-0.15, -0.1) is 0 Å². The molecular weight excluding hydrogens is 330 g/mol. The van der Waals surface area contributed by atoms with Crippen molar-refractivity contribution in [2.24, 2.45) is 0 Å². The second-order valence-electron chi connectivity index (χ2n) is 6.53. The number of rotatable bonds is 6. The molecule has 0 fully saturated rings. The van der Waals surface area contributed by atoms with Crippen molar-refractivity contribution in [1.82, 2.24) is 9.78 Å². The Bertz CT molecular complexity index is 996. The van der Waals surface area contributed by atoms with E-state index < -0.39 is 5.97 Å². The van der Waals surface area contributed by atoms with Crippen LogP contribution in [0, 0.1) is 0 Å². The molecule has 2 N–H and O–H groups in total. The van der Waals surface area contributed by atoms with Gasteiger partial charge in [-0.1, -0.05) is 24.3 Å². The maximum absolute atomic E-state index is 12.3. The first-order valence-electron chi connectivity index (χ1n) is 8.72. The van der Waals surface area contributed by atoms with Gasteiger partial charge >= 0.3 is 5.97 Å². The Morgan fingerprint density at radius 2 is 1.92 bits per heavy atom. The molecule has 1 heterocycles. The Balaban J connectivity index is 1.39. The number of benzene rings is 2. The molecule has 0 spiro atoms. The molecule has 3 aromatic rings. The van der Waals surface area contributed by atoms with Gasteiger partial charge in [-0.3, -0.25) is 9.48 Å². The molecule has 0 aliphatic heterocycles. The van der Waals surface area contributed by atoms with Crippen LogP contribution in [0.15, 0.2) is 42.6 Å². The SMILES string of the molecule is O=C(CCCn1ccc(C(=O)O)n1)Nc1ccc2c3c(cccc13)CC2. The van der Waals surface area contributed by atoms with Crippen LogP contribution in [-0.4, -0.2) is 26.8 Å². The molecule has 1 aliphatic carbocycles. The molecule has 6 nitrogen and oxygen atoms in total. The van der Waals surface area contributed by atoms with Crippen LogP contribution < -0.4 is 5.32 Å². The number of hydrogen-bond acceptors (Lipinski definition) is 3. The van der Waals surface area contributed by atoms with Crippen molar-refractivity contribution in [3.05, 3.63) is 59.4 Å². The van der Waals surface area contributed by atoms with Crippen LogP contribution in [0.3, 0.4) is 0 Å². The number of aromatic carboxylic acids is 1. The lowest BCUT2D eigenvalue weighted by molar-refractivity contribution is -0.116. The van der Waals surface area contributed by atoms with Crippen molar-refractivity contribution < 1.29 is 14.7 Å². The Hall–Kier alpha value is -3.15. The number of nitrogens with one attached hydrogen (secondary N) is 1. The quantitative estimate of drug-likeness (QED) is 0.715. The maximum atomic E-state index is 12.3. The van der Waals surface area contributed by atoms with Gasteiger partial charge in [0.2, 0.25) is 5.91 Å². The molecule has 0 unspecified atom stereocenters. The van der Waals surface area contributed by atoms with E-state index in [1.807, 2.05) is 12.1 Å². The predicted octanol–water partition coefficient (Wildman–Crippen LogP) is 3.25. The summed E-state index contributed by atoms with van der Waals surface area (Å²) in [6.45, 7) is 0.504. The summed E-state index contributed by atoms with van der Waals surface area (Å²) >= 11 is 0. The van der Waals surface area contributed by atoms with Crippen LogP contribution in [0.5, 0.6) is 0 Å². The van der Waals surface area contributed by atoms with E-state index in [0.717, 1.165) is 23.9 Å². The molecule has 0 radical (unpaired) electrons. The highest BCUT2D eigenvalue weighted by molar-refractivity contribution is 6.05. The second kappa shape index (κ2) is 6.63. The summed E-state index contributed by atoms with van der Waals surface area (Å²) < 4.78 is 1.55. The lowest BCUT2D eigenvalue weighted by Crippen LogP contribution is -2.13. The lowest BCUT2D eigenvalue weighted by atomic mass is 10.0. The van der Waals surface area contributed by atoms with E-state index in [2.05, 4.69) is 28.6 Å². The molecular formula is C20H19N3O3. The lowest BCUT2D eigenvalue weighted by Gasteiger charge is -2.10. The van der Waals surface area contributed by atoms with Crippen LogP contribution >= 0.6 is 0 Å². The average molecular weight is 349 g/mol. The first kappa shape index (κ1) is 16.3. The zero-order chi connectivity index (χ0) is 18.1. The fourth-order valence-electron chi connectivity index (χ4n) is 3.57. The van der Waals surface area contributed by atoms with Crippen LogP contribution in [0.1, 0.15) is 34.5 Å². The molecule has 0 saturated heterocycles. The van der Waals surface area contributed by atoms with Gasteiger partial charge in [-0.05, 0) is 47.9 Å². The highest BCUT2D eigenvalue weighted by Gasteiger charge is 2.16. The van der Waals surface area contributed by atoms with E-state index in [1.54, 1.807) is 10.9 Å². The largest absolute Gasteiger partial charge is 0.476 e. The summed E-state index contributed by atoms with van der Waals surface area (Å²) in [6.07, 6.45) is 4.68. The van der Waals surface area contributed by atoms with Gasteiger partial charge in [0.25, 0.3) is 0 Å². The Labute approximate surface area is 150 Å². The highest BCUT2D eigenvalue weighted by atomic mass is 16.4. The fourth-order valence-corrected chi connectivity index (χ4v) is 3.57. The first-order chi connectivity index (χ1) is 12.6. The summed E-state index contributed by atoms with van der Waals surface area (Å²) in [5.74, 6) is -1.09. The van der Waals surface area contributed by atoms with Crippen molar-refractivity contribution >= 4 is 28.3 Å². The standard InChI is InChI=1S/C20H19N3O3/c24-18(5-2-11-23-12-10-17(22-23)20(25)26)21-16-9-8-14-7-6-13-3-1-4-15(16)19(13)14/h1,3-4,8-10,12H,2,5-7,11H2,(H,21,24)(H,25,26). The maximum Gasteiger partial charge on any atom is 0.356 e.